The van der Waals surface area contributed by atoms with Crippen molar-refractivity contribution in [2.24, 2.45) is 0 Å². The van der Waals surface area contributed by atoms with Gasteiger partial charge < -0.3 is 4.90 Å². The Morgan fingerprint density at radius 1 is 0.714 bits per heavy atom. The lowest BCUT2D eigenvalue weighted by Crippen LogP contribution is -2.29. The molecule has 0 bridgehead atoms. The molecule has 1 aliphatic heterocycles. The molecule has 0 spiro atoms. The molecule has 2 aromatic carbocycles. The molecule has 0 unspecified atom stereocenters. The van der Waals surface area contributed by atoms with Gasteiger partial charge in [-0.2, -0.15) is 0 Å². The van der Waals surface area contributed by atoms with Gasteiger partial charge in [-0.05, 0) is 55.7 Å². The molecule has 2 aromatic rings. The zero-order valence-electron chi connectivity index (χ0n) is 11.9. The molecule has 3 rings (SSSR count). The molecule has 0 atom stereocenters. The minimum absolute atomic E-state index is 0.343. The molecule has 1 aliphatic rings. The molecule has 1 saturated heterocycles. The van der Waals surface area contributed by atoms with Crippen molar-refractivity contribution in [1.82, 2.24) is 0 Å². The molecular weight excluding hydrogens is 282 g/mol. The maximum atomic E-state index is 12.5. The lowest BCUT2D eigenvalue weighted by Gasteiger charge is -2.28. The van der Waals surface area contributed by atoms with E-state index in [1.807, 2.05) is 18.2 Å². The van der Waals surface area contributed by atoms with E-state index in [4.69, 9.17) is 0 Å². The Kier molecular flexibility index (Phi) is 3.97. The highest BCUT2D eigenvalue weighted by Crippen LogP contribution is 2.25. The van der Waals surface area contributed by atoms with Gasteiger partial charge >= 0.3 is 0 Å². The summed E-state index contributed by atoms with van der Waals surface area (Å²) in [6.07, 6.45) is 3.71. The minimum Gasteiger partial charge on any atom is -0.372 e. The van der Waals surface area contributed by atoms with Gasteiger partial charge in [0.05, 0.1) is 9.79 Å². The zero-order valence-corrected chi connectivity index (χ0v) is 12.7. The highest BCUT2D eigenvalue weighted by atomic mass is 32.2. The SMILES string of the molecule is O=S(=O)(c1ccccc1)c1ccc(N2CCCCC2)cc1. The second-order valence-corrected chi connectivity index (χ2v) is 7.31. The third-order valence-corrected chi connectivity index (χ3v) is 5.71. The second kappa shape index (κ2) is 5.90. The standard InChI is InChI=1S/C17H19NO2S/c19-21(20,16-7-3-1-4-8-16)17-11-9-15(10-12-17)18-13-5-2-6-14-18/h1,3-4,7-12H,2,5-6,13-14H2. The van der Waals surface area contributed by atoms with Gasteiger partial charge in [0.15, 0.2) is 0 Å². The van der Waals surface area contributed by atoms with Gasteiger partial charge in [0.2, 0.25) is 9.84 Å². The van der Waals surface area contributed by atoms with E-state index in [1.54, 1.807) is 36.4 Å². The lowest BCUT2D eigenvalue weighted by atomic mass is 10.1. The first-order valence-electron chi connectivity index (χ1n) is 7.33. The van der Waals surface area contributed by atoms with Crippen molar-refractivity contribution in [3.63, 3.8) is 0 Å². The maximum Gasteiger partial charge on any atom is 0.206 e. The minimum atomic E-state index is -3.40. The van der Waals surface area contributed by atoms with Gasteiger partial charge in [0, 0.05) is 18.8 Å². The van der Waals surface area contributed by atoms with E-state index in [1.165, 1.54) is 19.3 Å². The van der Waals surface area contributed by atoms with E-state index in [2.05, 4.69) is 4.90 Å². The van der Waals surface area contributed by atoms with Crippen LogP contribution in [0.5, 0.6) is 0 Å². The number of anilines is 1. The Balaban J connectivity index is 1.87. The van der Waals surface area contributed by atoms with Crippen LogP contribution in [0.3, 0.4) is 0 Å². The third-order valence-electron chi connectivity index (χ3n) is 3.92. The molecule has 1 fully saturated rings. The van der Waals surface area contributed by atoms with Crippen molar-refractivity contribution in [2.45, 2.75) is 29.1 Å². The third kappa shape index (κ3) is 2.95. The number of benzene rings is 2. The molecule has 1 heterocycles. The summed E-state index contributed by atoms with van der Waals surface area (Å²) in [7, 11) is -3.40. The average molecular weight is 301 g/mol. The Labute approximate surface area is 126 Å². The molecule has 0 aliphatic carbocycles. The van der Waals surface area contributed by atoms with Gasteiger partial charge in [-0.3, -0.25) is 0 Å². The number of hydrogen-bond donors (Lipinski definition) is 0. The fourth-order valence-electron chi connectivity index (χ4n) is 2.72. The van der Waals surface area contributed by atoms with E-state index in [-0.39, 0.29) is 0 Å². The maximum absolute atomic E-state index is 12.5. The summed E-state index contributed by atoms with van der Waals surface area (Å²) < 4.78 is 25.0. The molecular formula is C17H19NO2S. The van der Waals surface area contributed by atoms with E-state index < -0.39 is 9.84 Å². The van der Waals surface area contributed by atoms with Crippen LogP contribution in [-0.2, 0) is 9.84 Å². The Morgan fingerprint density at radius 3 is 1.90 bits per heavy atom. The summed E-state index contributed by atoms with van der Waals surface area (Å²) in [5.41, 5.74) is 1.11. The second-order valence-electron chi connectivity index (χ2n) is 5.36. The first-order valence-corrected chi connectivity index (χ1v) is 8.81. The van der Waals surface area contributed by atoms with Crippen LogP contribution in [0.15, 0.2) is 64.4 Å². The van der Waals surface area contributed by atoms with Crippen molar-refractivity contribution in [3.05, 3.63) is 54.6 Å². The number of sulfone groups is 1. The van der Waals surface area contributed by atoms with E-state index >= 15 is 0 Å². The number of hydrogen-bond acceptors (Lipinski definition) is 3. The first-order chi connectivity index (χ1) is 10.2. The summed E-state index contributed by atoms with van der Waals surface area (Å²) in [5.74, 6) is 0. The topological polar surface area (TPSA) is 37.4 Å². The predicted octanol–water partition coefficient (Wildman–Crippen LogP) is 3.51. The fraction of sp³-hybridized carbons (Fsp3) is 0.294. The van der Waals surface area contributed by atoms with E-state index in [9.17, 15) is 8.42 Å². The molecule has 0 radical (unpaired) electrons. The predicted molar refractivity (Wildman–Crippen MR) is 84.4 cm³/mol. The largest absolute Gasteiger partial charge is 0.372 e. The van der Waals surface area contributed by atoms with Crippen molar-refractivity contribution in [2.75, 3.05) is 18.0 Å². The molecule has 0 aromatic heterocycles. The summed E-state index contributed by atoms with van der Waals surface area (Å²) in [4.78, 5) is 3.02. The molecule has 21 heavy (non-hydrogen) atoms. The summed E-state index contributed by atoms with van der Waals surface area (Å²) in [5, 5.41) is 0. The Morgan fingerprint density at radius 2 is 1.29 bits per heavy atom. The molecule has 110 valence electrons. The highest BCUT2D eigenvalue weighted by molar-refractivity contribution is 7.91. The highest BCUT2D eigenvalue weighted by Gasteiger charge is 2.18. The number of nitrogens with zero attached hydrogens (tertiary/aromatic N) is 1. The lowest BCUT2D eigenvalue weighted by molar-refractivity contribution is 0.577. The van der Waals surface area contributed by atoms with Crippen LogP contribution in [0.4, 0.5) is 5.69 Å². The van der Waals surface area contributed by atoms with Crippen LogP contribution in [0.25, 0.3) is 0 Å². The Bertz CT molecular complexity index is 687. The summed E-state index contributed by atoms with van der Waals surface area (Å²) in [6, 6.07) is 15.8. The van der Waals surface area contributed by atoms with Gasteiger partial charge in [0.25, 0.3) is 0 Å². The molecule has 0 N–H and O–H groups in total. The normalized spacial score (nSPS) is 15.9. The van der Waals surface area contributed by atoms with Crippen molar-refractivity contribution >= 4 is 15.5 Å². The average Bonchev–Trinajstić information content (AvgIpc) is 2.57. The van der Waals surface area contributed by atoms with Crippen molar-refractivity contribution in [1.29, 1.82) is 0 Å². The molecule has 0 amide bonds. The molecule has 4 heteroatoms. The van der Waals surface area contributed by atoms with Crippen LogP contribution in [0, 0.1) is 0 Å². The van der Waals surface area contributed by atoms with E-state index in [0.29, 0.717) is 9.79 Å². The van der Waals surface area contributed by atoms with Crippen molar-refractivity contribution in [3.8, 4) is 0 Å². The van der Waals surface area contributed by atoms with Crippen LogP contribution in [0.1, 0.15) is 19.3 Å². The van der Waals surface area contributed by atoms with Crippen LogP contribution < -0.4 is 4.90 Å². The van der Waals surface area contributed by atoms with E-state index in [0.717, 1.165) is 18.8 Å². The molecule has 0 saturated carbocycles. The number of piperidine rings is 1. The Hall–Kier alpha value is -1.81. The van der Waals surface area contributed by atoms with Gasteiger partial charge in [-0.1, -0.05) is 18.2 Å². The van der Waals surface area contributed by atoms with Gasteiger partial charge in [0.1, 0.15) is 0 Å². The van der Waals surface area contributed by atoms with Gasteiger partial charge in [-0.25, -0.2) is 8.42 Å². The van der Waals surface area contributed by atoms with Crippen LogP contribution in [0.2, 0.25) is 0 Å². The summed E-state index contributed by atoms with van der Waals surface area (Å²) in [6.45, 7) is 2.12. The quantitative estimate of drug-likeness (QED) is 0.870. The smallest absolute Gasteiger partial charge is 0.206 e. The first kappa shape index (κ1) is 14.1. The molecule has 3 nitrogen and oxygen atoms in total. The zero-order chi connectivity index (χ0) is 14.7. The van der Waals surface area contributed by atoms with Crippen LogP contribution in [-0.4, -0.2) is 21.5 Å². The number of rotatable bonds is 3. The fourth-order valence-corrected chi connectivity index (χ4v) is 4.01. The van der Waals surface area contributed by atoms with Gasteiger partial charge in [-0.15, -0.1) is 0 Å². The van der Waals surface area contributed by atoms with Crippen LogP contribution >= 0.6 is 0 Å². The monoisotopic (exact) mass is 301 g/mol. The van der Waals surface area contributed by atoms with Crippen molar-refractivity contribution < 1.29 is 8.42 Å². The summed E-state index contributed by atoms with van der Waals surface area (Å²) >= 11 is 0.